The van der Waals surface area contributed by atoms with Crippen molar-refractivity contribution in [1.29, 1.82) is 0 Å². The zero-order valence-electron chi connectivity index (χ0n) is 15.5. The van der Waals surface area contributed by atoms with E-state index in [4.69, 9.17) is 5.73 Å². The Labute approximate surface area is 159 Å². The molecule has 3 N–H and O–H groups in total. The smallest absolute Gasteiger partial charge is 0.236 e. The summed E-state index contributed by atoms with van der Waals surface area (Å²) in [6.07, 6.45) is 14.1. The molecule has 1 unspecified atom stereocenters. The molecule has 25 heavy (non-hydrogen) atoms. The fourth-order valence-corrected chi connectivity index (χ4v) is 5.25. The molecular weight excluding hydrogens is 360 g/mol. The second-order valence-corrected chi connectivity index (χ2v) is 10.3. The van der Waals surface area contributed by atoms with E-state index in [1.807, 2.05) is 0 Å². The molecule has 5 nitrogen and oxygen atoms in total. The summed E-state index contributed by atoms with van der Waals surface area (Å²) in [5, 5.41) is 3.07. The Morgan fingerprint density at radius 3 is 2.24 bits per heavy atom. The molecular formula is C18H35ClN2O3S. The van der Waals surface area contributed by atoms with Crippen LogP contribution in [0.25, 0.3) is 0 Å². The number of carbonyl (C=O) groups is 1. The van der Waals surface area contributed by atoms with Crippen LogP contribution in [0.4, 0.5) is 0 Å². The van der Waals surface area contributed by atoms with Crippen molar-refractivity contribution in [2.24, 2.45) is 17.1 Å². The molecule has 0 radical (unpaired) electrons. The molecule has 0 aliphatic heterocycles. The number of carbonyl (C=O) groups excluding carboxylic acids is 1. The third-order valence-electron chi connectivity index (χ3n) is 6.07. The van der Waals surface area contributed by atoms with Crippen LogP contribution in [-0.4, -0.2) is 38.9 Å². The van der Waals surface area contributed by atoms with Crippen molar-refractivity contribution in [3.63, 3.8) is 0 Å². The maximum absolute atomic E-state index is 12.3. The Hall–Kier alpha value is -0.330. The van der Waals surface area contributed by atoms with Crippen LogP contribution < -0.4 is 11.1 Å². The third kappa shape index (κ3) is 7.06. The van der Waals surface area contributed by atoms with E-state index in [-0.39, 0.29) is 35.9 Å². The summed E-state index contributed by atoms with van der Waals surface area (Å²) in [7, 11) is -3.08. The van der Waals surface area contributed by atoms with Gasteiger partial charge in [0.2, 0.25) is 5.91 Å². The van der Waals surface area contributed by atoms with E-state index >= 15 is 0 Å². The maximum Gasteiger partial charge on any atom is 0.236 e. The summed E-state index contributed by atoms with van der Waals surface area (Å²) in [6, 6.07) is -0.730. The molecule has 0 heterocycles. The molecule has 0 aromatic heterocycles. The van der Waals surface area contributed by atoms with Gasteiger partial charge >= 0.3 is 0 Å². The summed E-state index contributed by atoms with van der Waals surface area (Å²) in [4.78, 5) is 12.3. The summed E-state index contributed by atoms with van der Waals surface area (Å²) in [5.41, 5.74) is 6.13. The Kier molecular flexibility index (Phi) is 9.19. The fourth-order valence-electron chi connectivity index (χ4n) is 4.57. The largest absolute Gasteiger partial charge is 0.354 e. The number of nitrogens with two attached hydrogens (primary N) is 1. The highest BCUT2D eigenvalue weighted by Crippen LogP contribution is 2.47. The molecule has 2 saturated carbocycles. The molecule has 0 bridgehead atoms. The molecule has 7 heteroatoms. The highest BCUT2D eigenvalue weighted by molar-refractivity contribution is 7.90. The molecule has 2 aliphatic carbocycles. The molecule has 0 aromatic rings. The van der Waals surface area contributed by atoms with Gasteiger partial charge in [0.25, 0.3) is 0 Å². The topological polar surface area (TPSA) is 89.3 Å². The molecule has 1 amide bonds. The quantitative estimate of drug-likeness (QED) is 0.694. The number of hydrogen-bond acceptors (Lipinski definition) is 4. The lowest BCUT2D eigenvalue weighted by Crippen LogP contribution is -2.49. The van der Waals surface area contributed by atoms with E-state index in [1.54, 1.807) is 0 Å². The lowest BCUT2D eigenvalue weighted by atomic mass is 9.61. The average molecular weight is 395 g/mol. The minimum absolute atomic E-state index is 0. The predicted octanol–water partition coefficient (Wildman–Crippen LogP) is 2.82. The van der Waals surface area contributed by atoms with E-state index in [0.717, 1.165) is 5.92 Å². The van der Waals surface area contributed by atoms with Gasteiger partial charge in [-0.3, -0.25) is 4.79 Å². The van der Waals surface area contributed by atoms with Crippen LogP contribution in [0.15, 0.2) is 0 Å². The standard InChI is InChI=1S/C18H34N2O3S.ClH/c1-24(22,23)13-10-16(19)17(21)20-14-18(11-6-3-7-12-18)15-8-4-2-5-9-15;/h15-16H,2-14,19H2,1H3,(H,20,21);1H. The van der Waals surface area contributed by atoms with Crippen LogP contribution in [0.2, 0.25) is 0 Å². The van der Waals surface area contributed by atoms with Crippen LogP contribution in [0.3, 0.4) is 0 Å². The first kappa shape index (κ1) is 22.7. The van der Waals surface area contributed by atoms with Crippen molar-refractivity contribution in [1.82, 2.24) is 5.32 Å². The summed E-state index contributed by atoms with van der Waals surface area (Å²) in [6.45, 7) is 0.711. The molecule has 0 spiro atoms. The second-order valence-electron chi connectivity index (χ2n) is 8.00. The lowest BCUT2D eigenvalue weighted by Gasteiger charge is -2.45. The Bertz CT molecular complexity index is 512. The highest BCUT2D eigenvalue weighted by Gasteiger charge is 2.40. The summed E-state index contributed by atoms with van der Waals surface area (Å²) >= 11 is 0. The first-order chi connectivity index (χ1) is 11.3. The third-order valence-corrected chi connectivity index (χ3v) is 7.05. The number of hydrogen-bond donors (Lipinski definition) is 2. The zero-order valence-corrected chi connectivity index (χ0v) is 17.1. The minimum atomic E-state index is -3.08. The Morgan fingerprint density at radius 2 is 1.68 bits per heavy atom. The first-order valence-corrected chi connectivity index (χ1v) is 11.6. The zero-order chi connectivity index (χ0) is 17.6. The molecule has 1 atom stereocenters. The van der Waals surface area contributed by atoms with Crippen LogP contribution in [-0.2, 0) is 14.6 Å². The summed E-state index contributed by atoms with van der Waals surface area (Å²) in [5.74, 6) is 0.494. The van der Waals surface area contributed by atoms with E-state index in [2.05, 4.69) is 5.32 Å². The highest BCUT2D eigenvalue weighted by atomic mass is 35.5. The van der Waals surface area contributed by atoms with Crippen molar-refractivity contribution in [3.05, 3.63) is 0 Å². The minimum Gasteiger partial charge on any atom is -0.354 e. The number of halogens is 1. The van der Waals surface area contributed by atoms with Crippen LogP contribution in [0.1, 0.15) is 70.6 Å². The average Bonchev–Trinajstić information content (AvgIpc) is 2.58. The van der Waals surface area contributed by atoms with Gasteiger partial charge in [-0.2, -0.15) is 0 Å². The normalized spacial score (nSPS) is 22.6. The van der Waals surface area contributed by atoms with E-state index < -0.39 is 15.9 Å². The van der Waals surface area contributed by atoms with Gasteiger partial charge in [-0.25, -0.2) is 8.42 Å². The van der Waals surface area contributed by atoms with Gasteiger partial charge in [-0.1, -0.05) is 38.5 Å². The first-order valence-electron chi connectivity index (χ1n) is 9.53. The number of amides is 1. The number of sulfone groups is 1. The van der Waals surface area contributed by atoms with Crippen molar-refractivity contribution >= 4 is 28.2 Å². The lowest BCUT2D eigenvalue weighted by molar-refractivity contribution is -0.123. The van der Waals surface area contributed by atoms with Crippen LogP contribution >= 0.6 is 12.4 Å². The van der Waals surface area contributed by atoms with E-state index in [0.29, 0.717) is 6.54 Å². The van der Waals surface area contributed by atoms with Crippen molar-refractivity contribution < 1.29 is 13.2 Å². The van der Waals surface area contributed by atoms with Crippen LogP contribution in [0.5, 0.6) is 0 Å². The van der Waals surface area contributed by atoms with Gasteiger partial charge < -0.3 is 11.1 Å². The van der Waals surface area contributed by atoms with Crippen molar-refractivity contribution in [2.75, 3.05) is 18.6 Å². The molecule has 0 saturated heterocycles. The van der Waals surface area contributed by atoms with Gasteiger partial charge in [0.15, 0.2) is 0 Å². The van der Waals surface area contributed by atoms with Crippen LogP contribution in [0, 0.1) is 11.3 Å². The molecule has 148 valence electrons. The summed E-state index contributed by atoms with van der Waals surface area (Å²) < 4.78 is 22.5. The fraction of sp³-hybridized carbons (Fsp3) is 0.944. The predicted molar refractivity (Wildman–Crippen MR) is 105 cm³/mol. The Morgan fingerprint density at radius 1 is 1.12 bits per heavy atom. The van der Waals surface area contributed by atoms with Gasteiger partial charge in [0.05, 0.1) is 11.8 Å². The monoisotopic (exact) mass is 394 g/mol. The van der Waals surface area contributed by atoms with E-state index in [9.17, 15) is 13.2 Å². The van der Waals surface area contributed by atoms with Gasteiger partial charge in [-0.15, -0.1) is 12.4 Å². The molecule has 2 aliphatic rings. The van der Waals surface area contributed by atoms with Gasteiger partial charge in [0.1, 0.15) is 9.84 Å². The van der Waals surface area contributed by atoms with Gasteiger partial charge in [-0.05, 0) is 43.4 Å². The van der Waals surface area contributed by atoms with Gasteiger partial charge in [0, 0.05) is 12.8 Å². The number of nitrogens with one attached hydrogen (secondary N) is 1. The number of rotatable bonds is 7. The molecule has 0 aromatic carbocycles. The molecule has 2 rings (SSSR count). The second kappa shape index (κ2) is 10.1. The SMILES string of the molecule is CS(=O)(=O)CCC(N)C(=O)NCC1(C2CCCCC2)CCCCC1.Cl. The Balaban J connectivity index is 0.00000312. The van der Waals surface area contributed by atoms with Crippen molar-refractivity contribution in [3.8, 4) is 0 Å². The van der Waals surface area contributed by atoms with E-state index in [1.165, 1.54) is 70.5 Å². The van der Waals surface area contributed by atoms with Crippen molar-refractivity contribution in [2.45, 2.75) is 76.7 Å². The molecule has 2 fully saturated rings. The maximum atomic E-state index is 12.3.